The largest absolute Gasteiger partial charge is 0.492 e. The molecular weight excluding hydrogens is 364 g/mol. The standard InChI is InChI=1S/C19H18N4O3S/c24-17-9-8-15(18(25)21-19-20-16(12-27-19)13-6-7-13)22-23(17)10-11-26-14-4-2-1-3-5-14/h1-5,8-9,12-13H,6-7,10-11H2,(H,20,21,25). The average Bonchev–Trinajstić information content (AvgIpc) is 3.43. The lowest BCUT2D eigenvalue weighted by Gasteiger charge is -2.08. The minimum absolute atomic E-state index is 0.164. The maximum absolute atomic E-state index is 12.4. The van der Waals surface area contributed by atoms with E-state index in [0.717, 1.165) is 24.3 Å². The summed E-state index contributed by atoms with van der Waals surface area (Å²) in [7, 11) is 0. The van der Waals surface area contributed by atoms with Crippen LogP contribution in [0.15, 0.2) is 52.6 Å². The number of benzene rings is 1. The van der Waals surface area contributed by atoms with Crippen molar-refractivity contribution in [1.29, 1.82) is 0 Å². The molecule has 0 atom stereocenters. The summed E-state index contributed by atoms with van der Waals surface area (Å²) in [5.74, 6) is 0.871. The van der Waals surface area contributed by atoms with Gasteiger partial charge in [-0.25, -0.2) is 9.67 Å². The molecule has 4 rings (SSSR count). The molecule has 8 heteroatoms. The van der Waals surface area contributed by atoms with E-state index in [1.165, 1.54) is 28.2 Å². The number of thiazole rings is 1. The fourth-order valence-corrected chi connectivity index (χ4v) is 3.36. The van der Waals surface area contributed by atoms with Crippen LogP contribution < -0.4 is 15.6 Å². The van der Waals surface area contributed by atoms with Gasteiger partial charge >= 0.3 is 0 Å². The van der Waals surface area contributed by atoms with E-state index in [1.54, 1.807) is 0 Å². The van der Waals surface area contributed by atoms with Crippen LogP contribution in [0.3, 0.4) is 0 Å². The van der Waals surface area contributed by atoms with Crippen molar-refractivity contribution in [2.75, 3.05) is 11.9 Å². The number of para-hydroxylation sites is 1. The van der Waals surface area contributed by atoms with Crippen LogP contribution in [0, 0.1) is 0 Å². The summed E-state index contributed by atoms with van der Waals surface area (Å²) in [4.78, 5) is 28.8. The van der Waals surface area contributed by atoms with Gasteiger partial charge in [0.05, 0.1) is 12.2 Å². The Morgan fingerprint density at radius 1 is 1.22 bits per heavy atom. The predicted molar refractivity (Wildman–Crippen MR) is 102 cm³/mol. The third kappa shape index (κ3) is 4.40. The molecule has 3 aromatic rings. The number of hydrogen-bond donors (Lipinski definition) is 1. The number of ether oxygens (including phenoxy) is 1. The summed E-state index contributed by atoms with van der Waals surface area (Å²) >= 11 is 1.40. The molecule has 7 nitrogen and oxygen atoms in total. The van der Waals surface area contributed by atoms with Gasteiger partial charge in [0.2, 0.25) is 0 Å². The van der Waals surface area contributed by atoms with Gasteiger partial charge in [-0.05, 0) is 31.0 Å². The molecule has 1 aliphatic rings. The van der Waals surface area contributed by atoms with Gasteiger partial charge in [-0.15, -0.1) is 11.3 Å². The van der Waals surface area contributed by atoms with E-state index in [0.29, 0.717) is 11.0 Å². The quantitative estimate of drug-likeness (QED) is 0.679. The van der Waals surface area contributed by atoms with Gasteiger partial charge in [0.25, 0.3) is 11.5 Å². The highest BCUT2D eigenvalue weighted by atomic mass is 32.1. The number of nitrogens with one attached hydrogen (secondary N) is 1. The maximum Gasteiger partial charge on any atom is 0.277 e. The van der Waals surface area contributed by atoms with Crippen LogP contribution in [-0.2, 0) is 6.54 Å². The van der Waals surface area contributed by atoms with E-state index in [2.05, 4.69) is 15.4 Å². The molecule has 1 fully saturated rings. The Balaban J connectivity index is 1.39. The first-order valence-corrected chi connectivity index (χ1v) is 9.60. The Bertz CT molecular complexity index is 995. The molecule has 1 amide bonds. The highest BCUT2D eigenvalue weighted by molar-refractivity contribution is 7.14. The molecule has 0 bridgehead atoms. The van der Waals surface area contributed by atoms with Gasteiger partial charge in [0.1, 0.15) is 18.1 Å². The summed E-state index contributed by atoms with van der Waals surface area (Å²) in [6.45, 7) is 0.525. The van der Waals surface area contributed by atoms with Crippen LogP contribution in [0.1, 0.15) is 34.9 Å². The number of hydrogen-bond acceptors (Lipinski definition) is 6. The second kappa shape index (κ2) is 7.71. The normalized spacial score (nSPS) is 13.3. The zero-order chi connectivity index (χ0) is 18.6. The predicted octanol–water partition coefficient (Wildman–Crippen LogP) is 2.91. The van der Waals surface area contributed by atoms with Crippen LogP contribution in [0.25, 0.3) is 0 Å². The molecule has 0 aliphatic heterocycles. The number of carbonyl (C=O) groups is 1. The van der Waals surface area contributed by atoms with Crippen LogP contribution in [-0.4, -0.2) is 27.3 Å². The van der Waals surface area contributed by atoms with Crippen LogP contribution >= 0.6 is 11.3 Å². The molecule has 2 heterocycles. The average molecular weight is 382 g/mol. The molecule has 27 heavy (non-hydrogen) atoms. The second-order valence-corrected chi connectivity index (χ2v) is 7.11. The van der Waals surface area contributed by atoms with Crippen molar-refractivity contribution < 1.29 is 9.53 Å². The maximum atomic E-state index is 12.4. The lowest BCUT2D eigenvalue weighted by atomic mass is 10.3. The number of aromatic nitrogens is 3. The lowest BCUT2D eigenvalue weighted by molar-refractivity contribution is 0.101. The summed E-state index contributed by atoms with van der Waals surface area (Å²) in [5.41, 5.74) is 0.914. The zero-order valence-corrected chi connectivity index (χ0v) is 15.3. The highest BCUT2D eigenvalue weighted by Gasteiger charge is 2.26. The SMILES string of the molecule is O=C(Nc1nc(C2CC2)cs1)c1ccc(=O)n(CCOc2ccccc2)n1. The number of nitrogens with zero attached hydrogens (tertiary/aromatic N) is 3. The van der Waals surface area contributed by atoms with Crippen LogP contribution in [0.4, 0.5) is 5.13 Å². The third-order valence-corrected chi connectivity index (χ3v) is 4.93. The fourth-order valence-electron chi connectivity index (χ4n) is 2.57. The Hall–Kier alpha value is -3.00. The van der Waals surface area contributed by atoms with E-state index < -0.39 is 0 Å². The molecule has 138 valence electrons. The zero-order valence-electron chi connectivity index (χ0n) is 14.5. The second-order valence-electron chi connectivity index (χ2n) is 6.25. The topological polar surface area (TPSA) is 86.1 Å². The minimum Gasteiger partial charge on any atom is -0.492 e. The molecule has 1 saturated carbocycles. The van der Waals surface area contributed by atoms with E-state index in [9.17, 15) is 9.59 Å². The van der Waals surface area contributed by atoms with Gasteiger partial charge in [0, 0.05) is 17.4 Å². The Morgan fingerprint density at radius 2 is 2.04 bits per heavy atom. The van der Waals surface area contributed by atoms with Crippen molar-refractivity contribution in [2.24, 2.45) is 0 Å². The smallest absolute Gasteiger partial charge is 0.277 e. The molecule has 0 radical (unpaired) electrons. The van der Waals surface area contributed by atoms with E-state index >= 15 is 0 Å². The lowest BCUT2D eigenvalue weighted by Crippen LogP contribution is -2.28. The Labute approximate surface area is 159 Å². The van der Waals surface area contributed by atoms with E-state index in [-0.39, 0.29) is 30.3 Å². The molecule has 1 aromatic carbocycles. The first-order chi connectivity index (χ1) is 13.2. The van der Waals surface area contributed by atoms with Gasteiger partial charge in [-0.2, -0.15) is 5.10 Å². The van der Waals surface area contributed by atoms with Crippen molar-refractivity contribution in [3.05, 3.63) is 69.6 Å². The van der Waals surface area contributed by atoms with Gasteiger partial charge in [0.15, 0.2) is 5.13 Å². The van der Waals surface area contributed by atoms with Crippen molar-refractivity contribution in [1.82, 2.24) is 14.8 Å². The Kier molecular flexibility index (Phi) is 4.97. The van der Waals surface area contributed by atoms with E-state index in [4.69, 9.17) is 4.74 Å². The van der Waals surface area contributed by atoms with E-state index in [1.807, 2.05) is 35.7 Å². The van der Waals surface area contributed by atoms with Crippen molar-refractivity contribution >= 4 is 22.4 Å². The first kappa shape index (κ1) is 17.4. The third-order valence-electron chi connectivity index (χ3n) is 4.15. The number of carbonyl (C=O) groups excluding carboxylic acids is 1. The van der Waals surface area contributed by atoms with Crippen molar-refractivity contribution in [3.63, 3.8) is 0 Å². The van der Waals surface area contributed by atoms with Crippen molar-refractivity contribution in [2.45, 2.75) is 25.3 Å². The molecule has 1 N–H and O–H groups in total. The molecule has 0 saturated heterocycles. The van der Waals surface area contributed by atoms with Gasteiger partial charge in [-0.3, -0.25) is 14.9 Å². The highest BCUT2D eigenvalue weighted by Crippen LogP contribution is 2.40. The number of amides is 1. The molecule has 1 aliphatic carbocycles. The van der Waals surface area contributed by atoms with Gasteiger partial charge < -0.3 is 4.74 Å². The minimum atomic E-state index is -0.385. The van der Waals surface area contributed by atoms with Crippen LogP contribution in [0.5, 0.6) is 5.75 Å². The summed E-state index contributed by atoms with van der Waals surface area (Å²) in [6, 6.07) is 12.1. The summed E-state index contributed by atoms with van der Waals surface area (Å²) in [6.07, 6.45) is 2.32. The van der Waals surface area contributed by atoms with Crippen LogP contribution in [0.2, 0.25) is 0 Å². The summed E-state index contributed by atoms with van der Waals surface area (Å²) < 4.78 is 6.81. The molecule has 2 aromatic heterocycles. The first-order valence-electron chi connectivity index (χ1n) is 8.72. The molecule has 0 unspecified atom stereocenters. The van der Waals surface area contributed by atoms with Crippen molar-refractivity contribution in [3.8, 4) is 5.75 Å². The monoisotopic (exact) mass is 382 g/mol. The fraction of sp³-hybridized carbons (Fsp3) is 0.263. The summed E-state index contributed by atoms with van der Waals surface area (Å²) in [5, 5.41) is 9.42. The molecular formula is C19H18N4O3S. The number of rotatable bonds is 7. The van der Waals surface area contributed by atoms with Gasteiger partial charge in [-0.1, -0.05) is 18.2 Å². The number of anilines is 1. The molecule has 0 spiro atoms. The Morgan fingerprint density at radius 3 is 2.81 bits per heavy atom.